The summed E-state index contributed by atoms with van der Waals surface area (Å²) in [5.41, 5.74) is 2.80. The van der Waals surface area contributed by atoms with Gasteiger partial charge >= 0.3 is 11.9 Å². The third-order valence-corrected chi connectivity index (χ3v) is 4.38. The van der Waals surface area contributed by atoms with Crippen molar-refractivity contribution in [1.82, 2.24) is 4.90 Å². The van der Waals surface area contributed by atoms with E-state index in [1.165, 1.54) is 7.11 Å². The van der Waals surface area contributed by atoms with Crippen molar-refractivity contribution in [2.75, 3.05) is 20.2 Å². The summed E-state index contributed by atoms with van der Waals surface area (Å²) in [7, 11) is 1.37. The molecule has 0 saturated heterocycles. The Kier molecular flexibility index (Phi) is 7.97. The summed E-state index contributed by atoms with van der Waals surface area (Å²) in [5, 5.41) is 0. The van der Waals surface area contributed by atoms with Crippen LogP contribution in [-0.4, -0.2) is 42.6 Å². The average Bonchev–Trinajstić information content (AvgIpc) is 2.67. The summed E-state index contributed by atoms with van der Waals surface area (Å²) in [6, 6.07) is 18.4. The van der Waals surface area contributed by atoms with Crippen LogP contribution in [0.1, 0.15) is 33.3 Å². The van der Waals surface area contributed by atoms with Crippen LogP contribution in [0.2, 0.25) is 0 Å². The smallest absolute Gasteiger partial charge is 0.320 e. The highest BCUT2D eigenvalue weighted by molar-refractivity contribution is 5.73. The molecular formula is C24H31NO4. The van der Waals surface area contributed by atoms with E-state index < -0.39 is 5.60 Å². The van der Waals surface area contributed by atoms with Gasteiger partial charge in [-0.25, -0.2) is 0 Å². The van der Waals surface area contributed by atoms with Gasteiger partial charge in [0.15, 0.2) is 0 Å². The molecule has 0 fully saturated rings. The van der Waals surface area contributed by atoms with Gasteiger partial charge in [0.2, 0.25) is 0 Å². The lowest BCUT2D eigenvalue weighted by atomic mass is 10.0. The molecule has 0 heterocycles. The van der Waals surface area contributed by atoms with E-state index in [-0.39, 0.29) is 24.4 Å². The number of hydrogen-bond acceptors (Lipinski definition) is 5. The Morgan fingerprint density at radius 3 is 2.10 bits per heavy atom. The number of methoxy groups -OCH3 is 1. The highest BCUT2D eigenvalue weighted by Gasteiger charge is 2.23. The van der Waals surface area contributed by atoms with Crippen LogP contribution in [0.15, 0.2) is 54.6 Å². The molecule has 0 spiro atoms. The molecule has 29 heavy (non-hydrogen) atoms. The molecule has 2 rings (SSSR count). The van der Waals surface area contributed by atoms with Crippen LogP contribution in [0.25, 0.3) is 11.1 Å². The van der Waals surface area contributed by atoms with Crippen molar-refractivity contribution in [3.8, 4) is 11.1 Å². The van der Waals surface area contributed by atoms with E-state index >= 15 is 0 Å². The summed E-state index contributed by atoms with van der Waals surface area (Å²) in [6.07, 6.45) is 0. The number of rotatable bonds is 8. The van der Waals surface area contributed by atoms with Gasteiger partial charge in [-0.2, -0.15) is 0 Å². The average molecular weight is 398 g/mol. The Morgan fingerprint density at radius 1 is 0.966 bits per heavy atom. The number of carbonyl (C=O) groups excluding carboxylic acids is 2. The van der Waals surface area contributed by atoms with Gasteiger partial charge < -0.3 is 9.47 Å². The molecule has 0 N–H and O–H groups in total. The van der Waals surface area contributed by atoms with Gasteiger partial charge in [0.05, 0.1) is 19.6 Å². The Bertz CT molecular complexity index is 794. The van der Waals surface area contributed by atoms with Crippen molar-refractivity contribution in [2.24, 2.45) is 5.92 Å². The molecule has 2 aromatic rings. The first-order valence-electron chi connectivity index (χ1n) is 9.84. The lowest BCUT2D eigenvalue weighted by Gasteiger charge is -2.26. The lowest BCUT2D eigenvalue weighted by molar-refractivity contribution is -0.157. The second-order valence-corrected chi connectivity index (χ2v) is 8.24. The third kappa shape index (κ3) is 7.70. The van der Waals surface area contributed by atoms with Crippen LogP contribution in [0.3, 0.4) is 0 Å². The molecule has 0 radical (unpaired) electrons. The van der Waals surface area contributed by atoms with E-state index in [9.17, 15) is 9.59 Å². The lowest BCUT2D eigenvalue weighted by Crippen LogP contribution is -2.38. The number of esters is 2. The largest absolute Gasteiger partial charge is 0.469 e. The Morgan fingerprint density at radius 2 is 1.55 bits per heavy atom. The quantitative estimate of drug-likeness (QED) is 0.622. The van der Waals surface area contributed by atoms with E-state index in [1.807, 2.05) is 56.0 Å². The number of hydrogen-bond donors (Lipinski definition) is 0. The fourth-order valence-electron chi connectivity index (χ4n) is 3.10. The van der Waals surface area contributed by atoms with E-state index in [2.05, 4.69) is 24.3 Å². The normalized spacial score (nSPS) is 12.5. The zero-order valence-electron chi connectivity index (χ0n) is 18.0. The minimum absolute atomic E-state index is 0.110. The Hall–Kier alpha value is -2.66. The van der Waals surface area contributed by atoms with Crippen LogP contribution >= 0.6 is 0 Å². The zero-order valence-corrected chi connectivity index (χ0v) is 18.0. The van der Waals surface area contributed by atoms with Gasteiger partial charge in [0.1, 0.15) is 5.60 Å². The molecule has 0 aromatic heterocycles. The van der Waals surface area contributed by atoms with Crippen molar-refractivity contribution in [3.05, 3.63) is 60.2 Å². The first kappa shape index (κ1) is 22.6. The molecule has 5 heteroatoms. The van der Waals surface area contributed by atoms with Crippen molar-refractivity contribution in [3.63, 3.8) is 0 Å². The first-order chi connectivity index (χ1) is 13.7. The van der Waals surface area contributed by atoms with Crippen molar-refractivity contribution in [1.29, 1.82) is 0 Å². The molecule has 0 aliphatic carbocycles. The van der Waals surface area contributed by atoms with Gasteiger partial charge in [-0.3, -0.25) is 14.5 Å². The fourth-order valence-corrected chi connectivity index (χ4v) is 3.10. The Balaban J connectivity index is 2.11. The van der Waals surface area contributed by atoms with Crippen molar-refractivity contribution < 1.29 is 19.1 Å². The molecule has 156 valence electrons. The van der Waals surface area contributed by atoms with Crippen LogP contribution < -0.4 is 0 Å². The molecule has 1 atom stereocenters. The maximum atomic E-state index is 12.3. The van der Waals surface area contributed by atoms with E-state index in [4.69, 9.17) is 9.47 Å². The van der Waals surface area contributed by atoms with Crippen LogP contribution in [-0.2, 0) is 25.6 Å². The predicted octanol–water partition coefficient (Wildman–Crippen LogP) is 4.31. The van der Waals surface area contributed by atoms with Gasteiger partial charge in [0, 0.05) is 13.1 Å². The maximum Gasteiger partial charge on any atom is 0.320 e. The van der Waals surface area contributed by atoms with Gasteiger partial charge in [-0.1, -0.05) is 61.5 Å². The highest BCUT2D eigenvalue weighted by atomic mass is 16.6. The first-order valence-corrected chi connectivity index (χ1v) is 9.84. The molecule has 1 unspecified atom stereocenters. The fraction of sp³-hybridized carbons (Fsp3) is 0.417. The van der Waals surface area contributed by atoms with Gasteiger partial charge in [-0.15, -0.1) is 0 Å². The second-order valence-electron chi connectivity index (χ2n) is 8.24. The number of carbonyl (C=O) groups is 2. The topological polar surface area (TPSA) is 55.8 Å². The molecule has 0 aliphatic heterocycles. The van der Waals surface area contributed by atoms with Crippen molar-refractivity contribution in [2.45, 2.75) is 39.8 Å². The van der Waals surface area contributed by atoms with E-state index in [1.54, 1.807) is 6.92 Å². The molecule has 5 nitrogen and oxygen atoms in total. The van der Waals surface area contributed by atoms with Crippen molar-refractivity contribution >= 4 is 11.9 Å². The predicted molar refractivity (Wildman–Crippen MR) is 114 cm³/mol. The molecule has 0 aliphatic rings. The second kappa shape index (κ2) is 10.2. The van der Waals surface area contributed by atoms with E-state index in [0.717, 1.165) is 16.7 Å². The number of nitrogens with zero attached hydrogens (tertiary/aromatic N) is 1. The maximum absolute atomic E-state index is 12.3. The molecular weight excluding hydrogens is 366 g/mol. The summed E-state index contributed by atoms with van der Waals surface area (Å²) in [6.45, 7) is 8.38. The minimum Gasteiger partial charge on any atom is -0.469 e. The summed E-state index contributed by atoms with van der Waals surface area (Å²) < 4.78 is 10.3. The van der Waals surface area contributed by atoms with E-state index in [0.29, 0.717) is 13.1 Å². The summed E-state index contributed by atoms with van der Waals surface area (Å²) in [4.78, 5) is 26.1. The molecule has 0 amide bonds. The summed E-state index contributed by atoms with van der Waals surface area (Å²) >= 11 is 0. The summed E-state index contributed by atoms with van der Waals surface area (Å²) in [5.74, 6) is -0.944. The molecule has 0 bridgehead atoms. The van der Waals surface area contributed by atoms with Gasteiger partial charge in [0.25, 0.3) is 0 Å². The highest BCUT2D eigenvalue weighted by Crippen LogP contribution is 2.20. The SMILES string of the molecule is COC(=O)C(C)CN(CC(=O)OC(C)(C)C)Cc1ccc(-c2ccccc2)cc1. The monoisotopic (exact) mass is 397 g/mol. The number of ether oxygens (including phenoxy) is 2. The standard InChI is InChI=1S/C24H31NO4/c1-18(23(27)28-5)15-25(17-22(26)29-24(2,3)4)16-19-11-13-21(14-12-19)20-9-7-6-8-10-20/h6-14,18H,15-17H2,1-5H3. The van der Waals surface area contributed by atoms with Crippen LogP contribution in [0.5, 0.6) is 0 Å². The van der Waals surface area contributed by atoms with Crippen LogP contribution in [0.4, 0.5) is 0 Å². The Labute approximate surface area is 173 Å². The molecule has 2 aromatic carbocycles. The van der Waals surface area contributed by atoms with Crippen LogP contribution in [0, 0.1) is 5.92 Å². The zero-order chi connectivity index (χ0) is 21.4. The van der Waals surface area contributed by atoms with Gasteiger partial charge in [-0.05, 0) is 37.5 Å². The molecule has 0 saturated carbocycles. The third-order valence-electron chi connectivity index (χ3n) is 4.38. The number of benzene rings is 2. The minimum atomic E-state index is -0.548.